The lowest BCUT2D eigenvalue weighted by molar-refractivity contribution is -0.136. The fourth-order valence-electron chi connectivity index (χ4n) is 6.10. The van der Waals surface area contributed by atoms with Crippen molar-refractivity contribution in [1.29, 1.82) is 0 Å². The Balaban J connectivity index is 1.85. The molecule has 0 bridgehead atoms. The largest absolute Gasteiger partial charge is 0.458 e. The summed E-state index contributed by atoms with van der Waals surface area (Å²) in [6.07, 6.45) is 34.4. The lowest BCUT2D eigenvalue weighted by atomic mass is 9.72. The van der Waals surface area contributed by atoms with E-state index in [1.807, 2.05) is 32.1 Å². The quantitative estimate of drug-likeness (QED) is 0.125. The van der Waals surface area contributed by atoms with E-state index in [4.69, 9.17) is 4.74 Å². The van der Waals surface area contributed by atoms with Crippen LogP contribution in [0.4, 0.5) is 0 Å². The van der Waals surface area contributed by atoms with Gasteiger partial charge < -0.3 is 4.74 Å². The predicted molar refractivity (Wildman–Crippen MR) is 197 cm³/mol. The van der Waals surface area contributed by atoms with E-state index in [0.29, 0.717) is 0 Å². The average Bonchev–Trinajstić information content (AvgIpc) is 2.93. The molecule has 45 heavy (non-hydrogen) atoms. The van der Waals surface area contributed by atoms with Crippen LogP contribution in [0.5, 0.6) is 0 Å². The second-order valence-corrected chi connectivity index (χ2v) is 14.5. The van der Waals surface area contributed by atoms with E-state index in [1.165, 1.54) is 72.0 Å². The molecule has 0 spiro atoms. The maximum Gasteiger partial charge on any atom is 0.331 e. The number of carbonyl (C=O) groups is 1. The van der Waals surface area contributed by atoms with Crippen molar-refractivity contribution >= 4 is 5.97 Å². The number of allylic oxidation sites excluding steroid dienone is 20. The van der Waals surface area contributed by atoms with Crippen LogP contribution in [0.25, 0.3) is 0 Å². The first-order valence-corrected chi connectivity index (χ1v) is 16.8. The first-order chi connectivity index (χ1) is 21.1. The van der Waals surface area contributed by atoms with Gasteiger partial charge in [0.25, 0.3) is 0 Å². The van der Waals surface area contributed by atoms with Gasteiger partial charge in [-0.05, 0) is 120 Å². The van der Waals surface area contributed by atoms with Crippen LogP contribution in [0.2, 0.25) is 0 Å². The Morgan fingerprint density at radius 1 is 0.644 bits per heavy atom. The molecule has 0 aromatic carbocycles. The Morgan fingerprint density at radius 2 is 1.09 bits per heavy atom. The zero-order valence-electron chi connectivity index (χ0n) is 30.3. The molecule has 0 saturated carbocycles. The van der Waals surface area contributed by atoms with Gasteiger partial charge >= 0.3 is 5.97 Å². The predicted octanol–water partition coefficient (Wildman–Crippen LogP) is 12.5. The molecule has 2 aliphatic carbocycles. The van der Waals surface area contributed by atoms with E-state index >= 15 is 0 Å². The molecule has 2 rings (SSSR count). The third-order valence-electron chi connectivity index (χ3n) is 8.97. The van der Waals surface area contributed by atoms with Crippen molar-refractivity contribution in [2.45, 2.75) is 115 Å². The van der Waals surface area contributed by atoms with Crippen LogP contribution in [-0.4, -0.2) is 12.6 Å². The molecule has 2 aliphatic rings. The van der Waals surface area contributed by atoms with Gasteiger partial charge in [0.15, 0.2) is 0 Å². The second kappa shape index (κ2) is 17.9. The summed E-state index contributed by atoms with van der Waals surface area (Å²) in [5.41, 5.74) is 11.9. The van der Waals surface area contributed by atoms with Gasteiger partial charge in [0.05, 0.1) is 0 Å². The van der Waals surface area contributed by atoms with Gasteiger partial charge in [-0.1, -0.05) is 128 Å². The fraction of sp³-hybridized carbons (Fsp3) is 0.465. The molecule has 0 aromatic rings. The van der Waals surface area contributed by atoms with Gasteiger partial charge in [-0.15, -0.1) is 0 Å². The van der Waals surface area contributed by atoms with Crippen LogP contribution < -0.4 is 0 Å². The summed E-state index contributed by atoms with van der Waals surface area (Å²) in [6, 6.07) is 0. The smallest absolute Gasteiger partial charge is 0.331 e. The number of esters is 1. The van der Waals surface area contributed by atoms with Crippen LogP contribution >= 0.6 is 0 Å². The zero-order chi connectivity index (χ0) is 33.6. The minimum absolute atomic E-state index is 0.243. The van der Waals surface area contributed by atoms with E-state index in [-0.39, 0.29) is 23.4 Å². The summed E-state index contributed by atoms with van der Waals surface area (Å²) in [7, 11) is 0. The van der Waals surface area contributed by atoms with Crippen molar-refractivity contribution in [3.8, 4) is 0 Å². The molecular formula is C43H60O2. The molecule has 0 unspecified atom stereocenters. The summed E-state index contributed by atoms with van der Waals surface area (Å²) in [5, 5.41) is 0. The summed E-state index contributed by atoms with van der Waals surface area (Å²) in [5.74, 6) is -0.329. The van der Waals surface area contributed by atoms with E-state index in [2.05, 4.69) is 117 Å². The molecule has 0 heterocycles. The van der Waals surface area contributed by atoms with Gasteiger partial charge in [-0.2, -0.15) is 0 Å². The van der Waals surface area contributed by atoms with Crippen LogP contribution in [-0.2, 0) is 9.53 Å². The third-order valence-corrected chi connectivity index (χ3v) is 8.97. The first kappa shape index (κ1) is 37.8. The molecule has 2 heteroatoms. The van der Waals surface area contributed by atoms with Crippen LogP contribution in [0.1, 0.15) is 115 Å². The van der Waals surface area contributed by atoms with Crippen LogP contribution in [0, 0.1) is 10.8 Å². The van der Waals surface area contributed by atoms with Gasteiger partial charge in [0.1, 0.15) is 6.61 Å². The number of carbonyl (C=O) groups excluding carboxylic acids is 1. The summed E-state index contributed by atoms with van der Waals surface area (Å²) in [4.78, 5) is 12.3. The molecule has 0 amide bonds. The fourth-order valence-corrected chi connectivity index (χ4v) is 6.10. The molecule has 0 aromatic heterocycles. The normalized spacial score (nSPS) is 20.9. The zero-order valence-corrected chi connectivity index (χ0v) is 30.3. The molecule has 0 atom stereocenters. The van der Waals surface area contributed by atoms with Gasteiger partial charge in [0, 0.05) is 6.08 Å². The van der Waals surface area contributed by atoms with Crippen molar-refractivity contribution < 1.29 is 9.53 Å². The minimum atomic E-state index is -0.329. The van der Waals surface area contributed by atoms with E-state index in [0.717, 1.165) is 16.7 Å². The highest BCUT2D eigenvalue weighted by Crippen LogP contribution is 2.41. The van der Waals surface area contributed by atoms with E-state index in [9.17, 15) is 4.79 Å². The Labute approximate surface area is 276 Å². The van der Waals surface area contributed by atoms with Crippen LogP contribution in [0.15, 0.2) is 129 Å². The molecule has 0 aliphatic heterocycles. The third kappa shape index (κ3) is 13.6. The van der Waals surface area contributed by atoms with E-state index < -0.39 is 0 Å². The Kier molecular flexibility index (Phi) is 15.1. The number of hydrogen-bond donors (Lipinski definition) is 0. The molecule has 0 N–H and O–H groups in total. The highest BCUT2D eigenvalue weighted by Gasteiger charge is 2.27. The van der Waals surface area contributed by atoms with Crippen molar-refractivity contribution in [3.63, 3.8) is 0 Å². The van der Waals surface area contributed by atoms with Crippen molar-refractivity contribution in [2.75, 3.05) is 6.61 Å². The molecule has 244 valence electrons. The maximum absolute atomic E-state index is 12.3. The van der Waals surface area contributed by atoms with Gasteiger partial charge in [-0.25, -0.2) is 4.79 Å². The standard InChI is InChI=1S/C43H60O2/c1-32(16-12-17-33(2)24-26-39-37(6)20-14-28-42(39,8)9)22-23-36(5)31-45-41(44)30-35(4)19-13-18-34(3)25-27-40-38(7)21-15-29-43(40,10)11/h12-13,16-19,22-27,30H,14-15,20-21,28-29,31H2,1-11H3. The Hall–Kier alpha value is -3.39. The molecule has 0 fully saturated rings. The molecule has 0 radical (unpaired) electrons. The average molecular weight is 609 g/mol. The van der Waals surface area contributed by atoms with E-state index in [1.54, 1.807) is 6.08 Å². The monoisotopic (exact) mass is 608 g/mol. The highest BCUT2D eigenvalue weighted by molar-refractivity contribution is 5.83. The van der Waals surface area contributed by atoms with Crippen LogP contribution in [0.3, 0.4) is 0 Å². The Morgan fingerprint density at radius 3 is 1.56 bits per heavy atom. The topological polar surface area (TPSA) is 26.3 Å². The van der Waals surface area contributed by atoms with Gasteiger partial charge in [-0.3, -0.25) is 0 Å². The number of ether oxygens (including phenoxy) is 1. The maximum atomic E-state index is 12.3. The summed E-state index contributed by atoms with van der Waals surface area (Å²) < 4.78 is 5.46. The summed E-state index contributed by atoms with van der Waals surface area (Å²) >= 11 is 0. The van der Waals surface area contributed by atoms with Gasteiger partial charge in [0.2, 0.25) is 0 Å². The second-order valence-electron chi connectivity index (χ2n) is 14.5. The molecular weight excluding hydrogens is 548 g/mol. The van der Waals surface area contributed by atoms with Crippen molar-refractivity contribution in [1.82, 2.24) is 0 Å². The number of rotatable bonds is 12. The highest BCUT2D eigenvalue weighted by atomic mass is 16.5. The lowest BCUT2D eigenvalue weighted by Gasteiger charge is -2.33. The lowest BCUT2D eigenvalue weighted by Crippen LogP contribution is -2.19. The first-order valence-electron chi connectivity index (χ1n) is 16.8. The minimum Gasteiger partial charge on any atom is -0.458 e. The Bertz CT molecular complexity index is 1400. The SMILES string of the molecule is CC(C=CC1=C(C)CCCC1(C)C)=CC=CC(C)=CC=C(C)COC(=O)C=C(C)C=CC=C(C)C=CC1=C(C)CCCC1(C)C. The summed E-state index contributed by atoms with van der Waals surface area (Å²) in [6.45, 7) is 24.4. The molecule has 2 nitrogen and oxygen atoms in total. The number of hydrogen-bond acceptors (Lipinski definition) is 2. The molecule has 0 saturated heterocycles. The van der Waals surface area contributed by atoms with Crippen molar-refractivity contribution in [2.24, 2.45) is 10.8 Å². The van der Waals surface area contributed by atoms with Crippen molar-refractivity contribution in [3.05, 3.63) is 129 Å².